The van der Waals surface area contributed by atoms with E-state index in [1.165, 1.54) is 24.3 Å². The van der Waals surface area contributed by atoms with Crippen LogP contribution in [0, 0.1) is 11.8 Å². The van der Waals surface area contributed by atoms with Crippen LogP contribution in [0.15, 0.2) is 24.3 Å². The molecule has 0 saturated carbocycles. The quantitative estimate of drug-likeness (QED) is 0.482. The SMILES string of the molecule is CC(C)C[C@@H](NC(=O)c1cccc(C(=O)N[C@H](CC(C)C)C(=O)O)c1)C(=O)O. The van der Waals surface area contributed by atoms with Gasteiger partial charge in [0.1, 0.15) is 12.1 Å². The second-order valence-electron chi connectivity index (χ2n) is 7.57. The molecule has 0 aromatic heterocycles. The van der Waals surface area contributed by atoms with Crippen molar-refractivity contribution in [2.24, 2.45) is 11.8 Å². The van der Waals surface area contributed by atoms with Gasteiger partial charge < -0.3 is 20.8 Å². The van der Waals surface area contributed by atoms with E-state index in [-0.39, 0.29) is 35.8 Å². The fourth-order valence-electron chi connectivity index (χ4n) is 2.67. The summed E-state index contributed by atoms with van der Waals surface area (Å²) in [7, 11) is 0. The number of carbonyl (C=O) groups is 4. The van der Waals surface area contributed by atoms with Crippen LogP contribution >= 0.6 is 0 Å². The highest BCUT2D eigenvalue weighted by atomic mass is 16.4. The molecule has 0 aliphatic carbocycles. The third-order valence-corrected chi connectivity index (χ3v) is 4.01. The van der Waals surface area contributed by atoms with Gasteiger partial charge in [-0.25, -0.2) is 9.59 Å². The van der Waals surface area contributed by atoms with Gasteiger partial charge in [0, 0.05) is 11.1 Å². The van der Waals surface area contributed by atoms with Crippen LogP contribution in [0.2, 0.25) is 0 Å². The lowest BCUT2D eigenvalue weighted by molar-refractivity contribution is -0.140. The summed E-state index contributed by atoms with van der Waals surface area (Å²) in [6.45, 7) is 7.40. The molecular formula is C20H28N2O6. The Balaban J connectivity index is 2.92. The minimum Gasteiger partial charge on any atom is -0.480 e. The van der Waals surface area contributed by atoms with Gasteiger partial charge >= 0.3 is 11.9 Å². The van der Waals surface area contributed by atoms with Crippen molar-refractivity contribution >= 4 is 23.8 Å². The van der Waals surface area contributed by atoms with Gasteiger partial charge in [-0.2, -0.15) is 0 Å². The number of hydrogen-bond donors (Lipinski definition) is 4. The molecule has 8 heteroatoms. The Hall–Kier alpha value is -2.90. The largest absolute Gasteiger partial charge is 0.480 e. The molecule has 1 aromatic rings. The van der Waals surface area contributed by atoms with Gasteiger partial charge in [0.2, 0.25) is 0 Å². The summed E-state index contributed by atoms with van der Waals surface area (Å²) in [5.74, 6) is -3.33. The van der Waals surface area contributed by atoms with Gasteiger partial charge in [0.15, 0.2) is 0 Å². The lowest BCUT2D eigenvalue weighted by Crippen LogP contribution is -2.42. The lowest BCUT2D eigenvalue weighted by Gasteiger charge is -2.18. The smallest absolute Gasteiger partial charge is 0.326 e. The number of rotatable bonds is 10. The standard InChI is InChI=1S/C20H28N2O6/c1-11(2)8-15(19(25)26)21-17(23)13-6-5-7-14(10-13)18(24)22-16(20(27)28)9-12(3)4/h5-7,10-12,15-16H,8-9H2,1-4H3,(H,21,23)(H,22,24)(H,25,26)(H,27,28)/t15-,16-/m1/s1. The molecule has 0 aliphatic heterocycles. The molecule has 0 heterocycles. The Morgan fingerprint density at radius 2 is 1.14 bits per heavy atom. The Morgan fingerprint density at radius 1 is 0.786 bits per heavy atom. The van der Waals surface area contributed by atoms with E-state index in [0.29, 0.717) is 0 Å². The number of aliphatic carboxylic acids is 2. The Bertz CT molecular complexity index is 672. The van der Waals surface area contributed by atoms with Crippen LogP contribution in [0.4, 0.5) is 0 Å². The number of carbonyl (C=O) groups excluding carboxylic acids is 2. The van der Waals surface area contributed by atoms with Crippen LogP contribution in [0.5, 0.6) is 0 Å². The first-order valence-electron chi connectivity index (χ1n) is 9.18. The van der Waals surface area contributed by atoms with Gasteiger partial charge in [0.25, 0.3) is 11.8 Å². The fourth-order valence-corrected chi connectivity index (χ4v) is 2.67. The Kier molecular flexibility index (Phi) is 8.63. The van der Waals surface area contributed by atoms with Crippen molar-refractivity contribution in [3.8, 4) is 0 Å². The second kappa shape index (κ2) is 10.4. The number of benzene rings is 1. The summed E-state index contributed by atoms with van der Waals surface area (Å²) in [4.78, 5) is 47.4. The third-order valence-electron chi connectivity index (χ3n) is 4.01. The first kappa shape index (κ1) is 23.1. The zero-order valence-electron chi connectivity index (χ0n) is 16.6. The van der Waals surface area contributed by atoms with E-state index in [4.69, 9.17) is 0 Å². The van der Waals surface area contributed by atoms with E-state index in [0.717, 1.165) is 0 Å². The minimum atomic E-state index is -1.13. The molecule has 0 saturated heterocycles. The molecule has 1 rings (SSSR count). The number of amides is 2. The molecular weight excluding hydrogens is 364 g/mol. The average molecular weight is 392 g/mol. The highest BCUT2D eigenvalue weighted by Gasteiger charge is 2.24. The van der Waals surface area contributed by atoms with Gasteiger partial charge in [-0.3, -0.25) is 9.59 Å². The third kappa shape index (κ3) is 7.38. The fraction of sp³-hybridized carbons (Fsp3) is 0.500. The van der Waals surface area contributed by atoms with Crippen LogP contribution in [0.3, 0.4) is 0 Å². The summed E-state index contributed by atoms with van der Waals surface area (Å²) in [6.07, 6.45) is 0.549. The van der Waals surface area contributed by atoms with Crippen LogP contribution in [0.25, 0.3) is 0 Å². The van der Waals surface area contributed by atoms with Crippen molar-refractivity contribution in [3.63, 3.8) is 0 Å². The summed E-state index contributed by atoms with van der Waals surface area (Å²) in [5.41, 5.74) is 0.247. The molecule has 0 aliphatic rings. The normalized spacial score (nSPS) is 13.1. The van der Waals surface area contributed by atoms with E-state index in [2.05, 4.69) is 10.6 Å². The highest BCUT2D eigenvalue weighted by Crippen LogP contribution is 2.11. The molecule has 0 unspecified atom stereocenters. The van der Waals surface area contributed by atoms with Gasteiger partial charge in [-0.05, 0) is 42.9 Å². The zero-order valence-corrected chi connectivity index (χ0v) is 16.6. The molecule has 0 spiro atoms. The molecule has 2 atom stereocenters. The van der Waals surface area contributed by atoms with Crippen molar-refractivity contribution in [1.29, 1.82) is 0 Å². The van der Waals surface area contributed by atoms with Crippen molar-refractivity contribution in [2.75, 3.05) is 0 Å². The lowest BCUT2D eigenvalue weighted by atomic mass is 10.0. The second-order valence-corrected chi connectivity index (χ2v) is 7.57. The molecule has 28 heavy (non-hydrogen) atoms. The van der Waals surface area contributed by atoms with Crippen molar-refractivity contribution in [1.82, 2.24) is 10.6 Å². The van der Waals surface area contributed by atoms with Crippen molar-refractivity contribution < 1.29 is 29.4 Å². The van der Waals surface area contributed by atoms with Gasteiger partial charge in [0.05, 0.1) is 0 Å². The number of carboxylic acid groups (broad SMARTS) is 2. The maximum Gasteiger partial charge on any atom is 0.326 e. The Morgan fingerprint density at radius 3 is 1.43 bits per heavy atom. The number of nitrogens with one attached hydrogen (secondary N) is 2. The molecule has 1 aromatic carbocycles. The van der Waals surface area contributed by atoms with Gasteiger partial charge in [-0.1, -0.05) is 33.8 Å². The number of hydrogen-bond acceptors (Lipinski definition) is 4. The zero-order chi connectivity index (χ0) is 21.4. The predicted molar refractivity (Wildman–Crippen MR) is 103 cm³/mol. The van der Waals surface area contributed by atoms with Crippen molar-refractivity contribution in [2.45, 2.75) is 52.6 Å². The van der Waals surface area contributed by atoms with E-state index < -0.39 is 35.8 Å². The van der Waals surface area contributed by atoms with E-state index in [1.54, 1.807) is 0 Å². The van der Waals surface area contributed by atoms with Crippen LogP contribution < -0.4 is 10.6 Å². The van der Waals surface area contributed by atoms with E-state index in [1.807, 2.05) is 27.7 Å². The topological polar surface area (TPSA) is 133 Å². The van der Waals surface area contributed by atoms with Crippen LogP contribution in [-0.4, -0.2) is 46.0 Å². The van der Waals surface area contributed by atoms with E-state index in [9.17, 15) is 29.4 Å². The molecule has 4 N–H and O–H groups in total. The average Bonchev–Trinajstić information content (AvgIpc) is 2.59. The summed E-state index contributed by atoms with van der Waals surface area (Å²) < 4.78 is 0. The summed E-state index contributed by atoms with van der Waals surface area (Å²) >= 11 is 0. The maximum absolute atomic E-state index is 12.4. The van der Waals surface area contributed by atoms with Crippen molar-refractivity contribution in [3.05, 3.63) is 35.4 Å². The maximum atomic E-state index is 12.4. The molecule has 2 amide bonds. The van der Waals surface area contributed by atoms with E-state index >= 15 is 0 Å². The summed E-state index contributed by atoms with van der Waals surface area (Å²) in [6, 6.07) is 3.65. The Labute approximate surface area is 164 Å². The summed E-state index contributed by atoms with van der Waals surface area (Å²) in [5, 5.41) is 23.4. The minimum absolute atomic E-state index is 0.0763. The van der Waals surface area contributed by atoms with Crippen LogP contribution in [-0.2, 0) is 9.59 Å². The molecule has 8 nitrogen and oxygen atoms in total. The molecule has 154 valence electrons. The van der Waals surface area contributed by atoms with Gasteiger partial charge in [-0.15, -0.1) is 0 Å². The first-order valence-corrected chi connectivity index (χ1v) is 9.18. The monoisotopic (exact) mass is 392 g/mol. The highest BCUT2D eigenvalue weighted by molar-refractivity contribution is 6.01. The predicted octanol–water partition coefficient (Wildman–Crippen LogP) is 2.14. The first-order chi connectivity index (χ1) is 13.0. The molecule has 0 radical (unpaired) electrons. The van der Waals surface area contributed by atoms with Crippen LogP contribution in [0.1, 0.15) is 61.3 Å². The molecule has 0 fully saturated rings. The number of carboxylic acids is 2. The molecule has 0 bridgehead atoms.